The van der Waals surface area contributed by atoms with Crippen LogP contribution in [0.5, 0.6) is 0 Å². The molecule has 19 heavy (non-hydrogen) atoms. The molecule has 1 aliphatic heterocycles. The average Bonchev–Trinajstić information content (AvgIpc) is 2.26. The van der Waals surface area contributed by atoms with Gasteiger partial charge in [-0.3, -0.25) is 9.69 Å². The van der Waals surface area contributed by atoms with E-state index in [0.29, 0.717) is 19.7 Å². The summed E-state index contributed by atoms with van der Waals surface area (Å²) in [5, 5.41) is 8.77. The Balaban J connectivity index is 2.40. The van der Waals surface area contributed by atoms with Gasteiger partial charge in [-0.1, -0.05) is 0 Å². The Kier molecular flexibility index (Phi) is 5.73. The van der Waals surface area contributed by atoms with E-state index in [-0.39, 0.29) is 24.2 Å². The number of carbonyl (C=O) groups excluding carboxylic acids is 1. The maximum Gasteiger partial charge on any atom is 0.248 e. The summed E-state index contributed by atoms with van der Waals surface area (Å²) in [4.78, 5) is 14.9. The van der Waals surface area contributed by atoms with E-state index in [0.717, 1.165) is 6.54 Å². The zero-order valence-electron chi connectivity index (χ0n) is 12.2. The first-order chi connectivity index (χ1) is 8.84. The maximum absolute atomic E-state index is 11.4. The first-order valence-corrected chi connectivity index (χ1v) is 6.39. The van der Waals surface area contributed by atoms with E-state index in [1.165, 1.54) is 4.90 Å². The number of carbonyl (C=O) groups is 1. The first kappa shape index (κ1) is 15.9. The summed E-state index contributed by atoms with van der Waals surface area (Å²) in [5.41, 5.74) is -0.297. The molecule has 0 aliphatic carbocycles. The van der Waals surface area contributed by atoms with Crippen molar-refractivity contribution in [2.24, 2.45) is 0 Å². The molecule has 0 saturated carbocycles. The van der Waals surface area contributed by atoms with Gasteiger partial charge in [0.15, 0.2) is 0 Å². The van der Waals surface area contributed by atoms with E-state index in [2.05, 4.69) is 6.07 Å². The third-order valence-electron chi connectivity index (χ3n) is 2.87. The highest BCUT2D eigenvalue weighted by Gasteiger charge is 2.33. The van der Waals surface area contributed by atoms with Crippen molar-refractivity contribution >= 4 is 5.91 Å². The molecular weight excluding hydrogens is 246 g/mol. The predicted molar refractivity (Wildman–Crippen MR) is 70.5 cm³/mol. The lowest BCUT2D eigenvalue weighted by Crippen LogP contribution is -2.54. The lowest BCUT2D eigenvalue weighted by molar-refractivity contribution is -0.158. The summed E-state index contributed by atoms with van der Waals surface area (Å²) in [6.07, 6.45) is -0.105. The summed E-state index contributed by atoms with van der Waals surface area (Å²) in [6.45, 7) is 6.19. The van der Waals surface area contributed by atoms with Gasteiger partial charge in [0.25, 0.3) is 0 Å². The Morgan fingerprint density at radius 2 is 2.26 bits per heavy atom. The summed E-state index contributed by atoms with van der Waals surface area (Å²) >= 11 is 0. The fraction of sp³-hybridized carbons (Fsp3) is 0.846. The monoisotopic (exact) mass is 269 g/mol. The Labute approximate surface area is 114 Å². The number of hydrogen-bond acceptors (Lipinski definition) is 5. The average molecular weight is 269 g/mol. The number of rotatable bonds is 5. The topological polar surface area (TPSA) is 65.8 Å². The number of morpholine rings is 1. The number of likely N-dealkylation sites (N-methyl/N-ethyl adjacent to an activating group) is 1. The highest BCUT2D eigenvalue weighted by atomic mass is 16.5. The molecule has 0 bridgehead atoms. The molecule has 0 N–H and O–H groups in total. The largest absolute Gasteiger partial charge is 0.369 e. The zero-order valence-corrected chi connectivity index (χ0v) is 12.2. The highest BCUT2D eigenvalue weighted by molar-refractivity contribution is 5.76. The summed E-state index contributed by atoms with van der Waals surface area (Å²) in [5.74, 6) is -0.0658. The van der Waals surface area contributed by atoms with Gasteiger partial charge in [-0.05, 0) is 13.8 Å². The molecule has 1 amide bonds. The fourth-order valence-electron chi connectivity index (χ4n) is 2.13. The molecule has 0 aromatic heterocycles. The molecule has 1 unspecified atom stereocenters. The van der Waals surface area contributed by atoms with Gasteiger partial charge in [-0.2, -0.15) is 5.26 Å². The fourth-order valence-corrected chi connectivity index (χ4v) is 2.13. The molecule has 0 spiro atoms. The van der Waals surface area contributed by atoms with Crippen molar-refractivity contribution in [2.75, 3.05) is 46.9 Å². The quantitative estimate of drug-likeness (QED) is 0.662. The van der Waals surface area contributed by atoms with E-state index in [1.807, 2.05) is 18.7 Å². The van der Waals surface area contributed by atoms with Gasteiger partial charge in [0.05, 0.1) is 30.9 Å². The van der Waals surface area contributed by atoms with Gasteiger partial charge in [-0.15, -0.1) is 0 Å². The van der Waals surface area contributed by atoms with Crippen LogP contribution in [0.2, 0.25) is 0 Å². The standard InChI is InChI=1S/C13H23N3O3/c1-13(2)10-16(6-5-14)7-11(19-13)8-18-9-12(17)15(3)4/h11H,6-10H2,1-4H3. The van der Waals surface area contributed by atoms with E-state index < -0.39 is 0 Å². The van der Waals surface area contributed by atoms with Crippen molar-refractivity contribution in [3.8, 4) is 6.07 Å². The summed E-state index contributed by atoms with van der Waals surface area (Å²) in [6, 6.07) is 2.15. The second-order valence-electron chi connectivity index (χ2n) is 5.63. The van der Waals surface area contributed by atoms with Gasteiger partial charge < -0.3 is 14.4 Å². The maximum atomic E-state index is 11.4. The minimum Gasteiger partial charge on any atom is -0.369 e. The van der Waals surface area contributed by atoms with Crippen LogP contribution in [0.25, 0.3) is 0 Å². The van der Waals surface area contributed by atoms with Crippen LogP contribution in [-0.4, -0.2) is 74.4 Å². The minimum absolute atomic E-state index is 0.0611. The highest BCUT2D eigenvalue weighted by Crippen LogP contribution is 2.20. The SMILES string of the molecule is CN(C)C(=O)COCC1CN(CC#N)CC(C)(C)O1. The second-order valence-corrected chi connectivity index (χ2v) is 5.63. The molecule has 108 valence electrons. The van der Waals surface area contributed by atoms with Gasteiger partial charge in [0, 0.05) is 27.2 Å². The Morgan fingerprint density at radius 3 is 2.84 bits per heavy atom. The van der Waals surface area contributed by atoms with Crippen LogP contribution in [-0.2, 0) is 14.3 Å². The number of nitriles is 1. The predicted octanol–water partition coefficient (Wildman–Crippen LogP) is 0.0942. The van der Waals surface area contributed by atoms with Crippen molar-refractivity contribution in [1.29, 1.82) is 5.26 Å². The van der Waals surface area contributed by atoms with Crippen molar-refractivity contribution in [2.45, 2.75) is 25.6 Å². The molecule has 0 radical (unpaired) electrons. The van der Waals surface area contributed by atoms with Gasteiger partial charge in [-0.25, -0.2) is 0 Å². The third-order valence-corrected chi connectivity index (χ3v) is 2.87. The van der Waals surface area contributed by atoms with E-state index in [9.17, 15) is 4.79 Å². The van der Waals surface area contributed by atoms with Crippen molar-refractivity contribution in [1.82, 2.24) is 9.80 Å². The molecule has 0 aromatic carbocycles. The lowest BCUT2D eigenvalue weighted by atomic mass is 10.1. The summed E-state index contributed by atoms with van der Waals surface area (Å²) < 4.78 is 11.3. The van der Waals surface area contributed by atoms with Crippen LogP contribution < -0.4 is 0 Å². The van der Waals surface area contributed by atoms with E-state index in [1.54, 1.807) is 14.1 Å². The molecule has 6 heteroatoms. The van der Waals surface area contributed by atoms with Gasteiger partial charge in [0.1, 0.15) is 6.61 Å². The zero-order chi connectivity index (χ0) is 14.5. The minimum atomic E-state index is -0.297. The molecule has 1 heterocycles. The van der Waals surface area contributed by atoms with Crippen molar-refractivity contribution in [3.05, 3.63) is 0 Å². The number of hydrogen-bond donors (Lipinski definition) is 0. The van der Waals surface area contributed by atoms with Crippen LogP contribution in [0, 0.1) is 11.3 Å². The van der Waals surface area contributed by atoms with Crippen LogP contribution in [0.1, 0.15) is 13.8 Å². The van der Waals surface area contributed by atoms with Gasteiger partial charge in [0.2, 0.25) is 5.91 Å². The van der Waals surface area contributed by atoms with Crippen LogP contribution in [0.4, 0.5) is 0 Å². The van der Waals surface area contributed by atoms with E-state index >= 15 is 0 Å². The van der Waals surface area contributed by atoms with Crippen LogP contribution >= 0.6 is 0 Å². The van der Waals surface area contributed by atoms with Gasteiger partial charge >= 0.3 is 0 Å². The molecule has 1 saturated heterocycles. The smallest absolute Gasteiger partial charge is 0.248 e. The number of amides is 1. The van der Waals surface area contributed by atoms with Crippen LogP contribution in [0.15, 0.2) is 0 Å². The first-order valence-electron chi connectivity index (χ1n) is 6.39. The van der Waals surface area contributed by atoms with E-state index in [4.69, 9.17) is 14.7 Å². The van der Waals surface area contributed by atoms with Crippen molar-refractivity contribution in [3.63, 3.8) is 0 Å². The molecule has 1 fully saturated rings. The number of ether oxygens (including phenoxy) is 2. The normalized spacial score (nSPS) is 22.8. The Morgan fingerprint density at radius 1 is 1.58 bits per heavy atom. The molecule has 1 aliphatic rings. The van der Waals surface area contributed by atoms with Crippen LogP contribution in [0.3, 0.4) is 0 Å². The lowest BCUT2D eigenvalue weighted by Gasteiger charge is -2.41. The molecular formula is C13H23N3O3. The Hall–Kier alpha value is -1.16. The molecule has 1 rings (SSSR count). The third kappa shape index (κ3) is 5.55. The second kappa shape index (κ2) is 6.85. The van der Waals surface area contributed by atoms with Crippen molar-refractivity contribution < 1.29 is 14.3 Å². The molecule has 0 aromatic rings. The summed E-state index contributed by atoms with van der Waals surface area (Å²) in [7, 11) is 3.39. The Bertz CT molecular complexity index is 350. The molecule has 6 nitrogen and oxygen atoms in total. The molecule has 1 atom stereocenters. The number of nitrogens with zero attached hydrogens (tertiary/aromatic N) is 3.